The van der Waals surface area contributed by atoms with Crippen molar-refractivity contribution >= 4 is 0 Å². The molecule has 0 spiro atoms. The SMILES string of the molecule is Cn1nc(-c2ccccc2)nc2n(C)c(=O)nc1-2. The van der Waals surface area contributed by atoms with Gasteiger partial charge in [0.15, 0.2) is 17.5 Å². The maximum Gasteiger partial charge on any atom is 0.351 e. The van der Waals surface area contributed by atoms with Crippen LogP contribution in [0.1, 0.15) is 0 Å². The highest BCUT2D eigenvalue weighted by Crippen LogP contribution is 2.19. The number of aryl methyl sites for hydroxylation is 1. The van der Waals surface area contributed by atoms with E-state index < -0.39 is 0 Å². The lowest BCUT2D eigenvalue weighted by Crippen LogP contribution is -2.12. The third-order valence-corrected chi connectivity index (χ3v) is 2.80. The number of nitrogens with zero attached hydrogens (tertiary/aromatic N) is 5. The third kappa shape index (κ3) is 1.50. The summed E-state index contributed by atoms with van der Waals surface area (Å²) in [6.07, 6.45) is 0. The monoisotopic (exact) mass is 241 g/mol. The third-order valence-electron chi connectivity index (χ3n) is 2.80. The maximum atomic E-state index is 11.5. The Labute approximate surface area is 103 Å². The van der Waals surface area contributed by atoms with E-state index in [0.717, 1.165) is 5.56 Å². The second-order valence-electron chi connectivity index (χ2n) is 4.03. The molecule has 0 bridgehead atoms. The maximum absolute atomic E-state index is 11.5. The van der Waals surface area contributed by atoms with Gasteiger partial charge in [0.1, 0.15) is 0 Å². The molecule has 0 atom stereocenters. The zero-order valence-corrected chi connectivity index (χ0v) is 10.0. The van der Waals surface area contributed by atoms with Gasteiger partial charge in [-0.25, -0.2) is 14.5 Å². The number of imidazole rings is 1. The molecule has 0 aliphatic carbocycles. The number of hydrogen-bond acceptors (Lipinski definition) is 4. The molecule has 3 rings (SSSR count). The fraction of sp³-hybridized carbons (Fsp3) is 0.167. The van der Waals surface area contributed by atoms with E-state index in [0.29, 0.717) is 17.5 Å². The van der Waals surface area contributed by atoms with Crippen LogP contribution >= 0.6 is 0 Å². The Morgan fingerprint density at radius 2 is 1.72 bits per heavy atom. The summed E-state index contributed by atoms with van der Waals surface area (Å²) in [5.74, 6) is 1.60. The number of hydrogen-bond donors (Lipinski definition) is 0. The second kappa shape index (κ2) is 3.76. The smallest absolute Gasteiger partial charge is 0.276 e. The number of aromatic nitrogens is 5. The first kappa shape index (κ1) is 10.6. The van der Waals surface area contributed by atoms with E-state index in [9.17, 15) is 4.79 Å². The van der Waals surface area contributed by atoms with E-state index >= 15 is 0 Å². The van der Waals surface area contributed by atoms with Crippen molar-refractivity contribution in [3.05, 3.63) is 40.8 Å². The van der Waals surface area contributed by atoms with E-state index in [-0.39, 0.29) is 5.69 Å². The summed E-state index contributed by atoms with van der Waals surface area (Å²) in [5.41, 5.74) is 0.587. The molecule has 1 aromatic rings. The Bertz CT molecular complexity index is 728. The van der Waals surface area contributed by atoms with Gasteiger partial charge in [-0.05, 0) is 0 Å². The highest BCUT2D eigenvalue weighted by atomic mass is 16.1. The molecule has 1 aromatic carbocycles. The molecule has 0 N–H and O–H groups in total. The van der Waals surface area contributed by atoms with Crippen molar-refractivity contribution < 1.29 is 0 Å². The van der Waals surface area contributed by atoms with Crippen molar-refractivity contribution in [3.8, 4) is 23.0 Å². The Kier molecular flexibility index (Phi) is 2.22. The summed E-state index contributed by atoms with van der Waals surface area (Å²) in [7, 11) is 3.41. The molecule has 6 heteroatoms. The van der Waals surface area contributed by atoms with Gasteiger partial charge in [0.05, 0.1) is 0 Å². The first-order chi connectivity index (χ1) is 8.66. The van der Waals surface area contributed by atoms with Gasteiger partial charge in [-0.2, -0.15) is 10.1 Å². The van der Waals surface area contributed by atoms with Crippen molar-refractivity contribution in [1.29, 1.82) is 0 Å². The van der Waals surface area contributed by atoms with E-state index in [1.807, 2.05) is 30.3 Å². The lowest BCUT2D eigenvalue weighted by molar-refractivity contribution is 0.714. The summed E-state index contributed by atoms with van der Waals surface area (Å²) < 4.78 is 3.00. The van der Waals surface area contributed by atoms with E-state index in [2.05, 4.69) is 15.1 Å². The van der Waals surface area contributed by atoms with Crippen molar-refractivity contribution in [2.75, 3.05) is 0 Å². The van der Waals surface area contributed by atoms with Gasteiger partial charge in [0.2, 0.25) is 0 Å². The molecule has 2 aliphatic rings. The van der Waals surface area contributed by atoms with Gasteiger partial charge >= 0.3 is 5.69 Å². The topological polar surface area (TPSA) is 65.6 Å². The average Bonchev–Trinajstić information content (AvgIpc) is 2.68. The van der Waals surface area contributed by atoms with Crippen LogP contribution in [0, 0.1) is 0 Å². The molecule has 6 nitrogen and oxygen atoms in total. The summed E-state index contributed by atoms with van der Waals surface area (Å²) in [6.45, 7) is 0. The molecule has 2 aliphatic heterocycles. The fourth-order valence-electron chi connectivity index (χ4n) is 1.82. The van der Waals surface area contributed by atoms with Crippen molar-refractivity contribution in [2.45, 2.75) is 0 Å². The zero-order valence-electron chi connectivity index (χ0n) is 10.0. The first-order valence-electron chi connectivity index (χ1n) is 5.50. The molecule has 0 fully saturated rings. The zero-order chi connectivity index (χ0) is 12.7. The Morgan fingerprint density at radius 3 is 2.44 bits per heavy atom. The average molecular weight is 241 g/mol. The lowest BCUT2D eigenvalue weighted by atomic mass is 10.2. The van der Waals surface area contributed by atoms with Crippen LogP contribution in [0.3, 0.4) is 0 Å². The number of fused-ring (bicyclic) bond motifs is 1. The van der Waals surface area contributed by atoms with Crippen molar-refractivity contribution in [3.63, 3.8) is 0 Å². The number of benzene rings is 1. The highest BCUT2D eigenvalue weighted by Gasteiger charge is 2.18. The Morgan fingerprint density at radius 1 is 1.00 bits per heavy atom. The molecule has 0 saturated heterocycles. The largest absolute Gasteiger partial charge is 0.351 e. The van der Waals surface area contributed by atoms with Crippen LogP contribution in [0.15, 0.2) is 35.1 Å². The predicted molar refractivity (Wildman–Crippen MR) is 66.1 cm³/mol. The van der Waals surface area contributed by atoms with Gasteiger partial charge in [-0.1, -0.05) is 30.3 Å². The summed E-state index contributed by atoms with van der Waals surface area (Å²) in [5, 5.41) is 4.32. The Hall–Kier alpha value is -2.50. The van der Waals surface area contributed by atoms with Crippen LogP contribution in [0.4, 0.5) is 0 Å². The summed E-state index contributed by atoms with van der Waals surface area (Å²) in [4.78, 5) is 19.8. The standard InChI is InChI=1S/C12H11N5O/c1-16-10-11(14-12(16)18)17(2)15-9(13-10)8-6-4-3-5-7-8/h3-7H,1-2H3. The minimum absolute atomic E-state index is 0.319. The minimum atomic E-state index is -0.319. The van der Waals surface area contributed by atoms with E-state index in [1.165, 1.54) is 4.57 Å². The van der Waals surface area contributed by atoms with Gasteiger partial charge in [-0.3, -0.25) is 4.57 Å². The first-order valence-corrected chi connectivity index (χ1v) is 5.50. The molecule has 2 heterocycles. The van der Waals surface area contributed by atoms with Crippen LogP contribution < -0.4 is 5.69 Å². The van der Waals surface area contributed by atoms with Crippen molar-refractivity contribution in [1.82, 2.24) is 24.3 Å². The Balaban J connectivity index is 2.31. The lowest BCUT2D eigenvalue weighted by Gasteiger charge is -2.08. The van der Waals surface area contributed by atoms with Crippen LogP contribution in [0.5, 0.6) is 0 Å². The molecular formula is C12H11N5O. The van der Waals surface area contributed by atoms with E-state index in [4.69, 9.17) is 0 Å². The molecule has 18 heavy (non-hydrogen) atoms. The van der Waals surface area contributed by atoms with Crippen molar-refractivity contribution in [2.24, 2.45) is 14.1 Å². The van der Waals surface area contributed by atoms with Gasteiger partial charge in [0.25, 0.3) is 0 Å². The molecule has 0 aromatic heterocycles. The summed E-state index contributed by atoms with van der Waals surface area (Å²) in [6, 6.07) is 9.63. The highest BCUT2D eigenvalue weighted by molar-refractivity contribution is 5.58. The number of rotatable bonds is 1. The van der Waals surface area contributed by atoms with Crippen LogP contribution in [0.2, 0.25) is 0 Å². The minimum Gasteiger partial charge on any atom is -0.276 e. The predicted octanol–water partition coefficient (Wildman–Crippen LogP) is 0.681. The molecule has 0 saturated carbocycles. The fourth-order valence-corrected chi connectivity index (χ4v) is 1.82. The molecule has 0 amide bonds. The normalized spacial score (nSPS) is 11.0. The van der Waals surface area contributed by atoms with Gasteiger partial charge in [-0.15, -0.1) is 0 Å². The van der Waals surface area contributed by atoms with Gasteiger partial charge in [0, 0.05) is 19.7 Å². The van der Waals surface area contributed by atoms with Crippen LogP contribution in [0.25, 0.3) is 23.0 Å². The van der Waals surface area contributed by atoms with Crippen LogP contribution in [-0.2, 0) is 14.1 Å². The van der Waals surface area contributed by atoms with Crippen LogP contribution in [-0.4, -0.2) is 24.3 Å². The summed E-state index contributed by atoms with van der Waals surface area (Å²) >= 11 is 0. The molecule has 0 radical (unpaired) electrons. The molecule has 90 valence electrons. The van der Waals surface area contributed by atoms with E-state index in [1.54, 1.807) is 18.8 Å². The van der Waals surface area contributed by atoms with Gasteiger partial charge < -0.3 is 0 Å². The molecule has 0 unspecified atom stereocenters. The quantitative estimate of drug-likeness (QED) is 0.628. The second-order valence-corrected chi connectivity index (χ2v) is 4.03. The molecular weight excluding hydrogens is 230 g/mol.